The summed E-state index contributed by atoms with van der Waals surface area (Å²) in [5, 5.41) is 6.68. The maximum atomic E-state index is 2.41. The van der Waals surface area contributed by atoms with E-state index in [2.05, 4.69) is 230 Å². The maximum absolute atomic E-state index is 2.41. The monoisotopic (exact) mass is 780 g/mol. The van der Waals surface area contributed by atoms with Crippen molar-refractivity contribution < 1.29 is 0 Å². The minimum atomic E-state index is -1.43. The van der Waals surface area contributed by atoms with E-state index in [0.29, 0.717) is 0 Å². The molecule has 0 bridgehead atoms. The van der Waals surface area contributed by atoms with Gasteiger partial charge in [-0.25, -0.2) is 0 Å². The van der Waals surface area contributed by atoms with Gasteiger partial charge in [-0.05, 0) is 130 Å². The lowest BCUT2D eigenvalue weighted by Crippen LogP contribution is -2.37. The van der Waals surface area contributed by atoms with Crippen LogP contribution in [-0.2, 0) is 0 Å². The van der Waals surface area contributed by atoms with Crippen LogP contribution < -0.4 is 15.0 Å². The Morgan fingerprint density at radius 2 is 0.914 bits per heavy atom. The predicted molar refractivity (Wildman–Crippen MR) is 254 cm³/mol. The number of para-hydroxylation sites is 2. The summed E-state index contributed by atoms with van der Waals surface area (Å²) in [4.78, 5) is 7.35. The van der Waals surface area contributed by atoms with Crippen LogP contribution in [0.1, 0.15) is 5.56 Å². The van der Waals surface area contributed by atoms with Crippen molar-refractivity contribution >= 4 is 80.7 Å². The molecule has 58 heavy (non-hydrogen) atoms. The third-order valence-corrected chi connectivity index (χ3v) is 14.8. The molecule has 0 aromatic heterocycles. The van der Waals surface area contributed by atoms with Gasteiger partial charge in [0.1, 0.15) is 0 Å². The van der Waals surface area contributed by atoms with E-state index < -0.39 is 8.07 Å². The van der Waals surface area contributed by atoms with Gasteiger partial charge in [-0.2, -0.15) is 0 Å². The van der Waals surface area contributed by atoms with Crippen LogP contribution in [0.25, 0.3) is 43.8 Å². The molecule has 1 aliphatic rings. The van der Waals surface area contributed by atoms with Crippen LogP contribution in [0, 0.1) is 6.92 Å². The van der Waals surface area contributed by atoms with Crippen molar-refractivity contribution in [3.8, 4) is 22.3 Å². The maximum Gasteiger partial charge on any atom is 0.0775 e. The van der Waals surface area contributed by atoms with Gasteiger partial charge in [0, 0.05) is 49.3 Å². The van der Waals surface area contributed by atoms with Crippen LogP contribution in [0.5, 0.6) is 0 Å². The average Bonchev–Trinajstić information content (AvgIpc) is 3.26. The number of anilines is 6. The van der Waals surface area contributed by atoms with Gasteiger partial charge in [-0.15, -0.1) is 0 Å². The molecule has 4 heteroatoms. The molecular weight excluding hydrogens is 737 g/mol. The second-order valence-electron chi connectivity index (χ2n) is 16.2. The number of aryl methyl sites for hydroxylation is 1. The molecular formula is C54H44N2SSi. The Hall–Kier alpha value is -6.33. The van der Waals surface area contributed by atoms with Crippen molar-refractivity contribution in [3.63, 3.8) is 0 Å². The third-order valence-electron chi connectivity index (χ3n) is 11.6. The number of hydrogen-bond donors (Lipinski definition) is 0. The topological polar surface area (TPSA) is 6.48 Å². The molecule has 1 aliphatic heterocycles. The van der Waals surface area contributed by atoms with Crippen LogP contribution >= 0.6 is 11.8 Å². The Labute approximate surface area is 347 Å². The number of benzene rings is 9. The fourth-order valence-electron chi connectivity index (χ4n) is 8.63. The van der Waals surface area contributed by atoms with Gasteiger partial charge < -0.3 is 9.80 Å². The van der Waals surface area contributed by atoms with E-state index in [9.17, 15) is 0 Å². The zero-order valence-corrected chi connectivity index (χ0v) is 35.1. The summed E-state index contributed by atoms with van der Waals surface area (Å²) < 4.78 is 0. The van der Waals surface area contributed by atoms with Crippen LogP contribution in [0.3, 0.4) is 0 Å². The summed E-state index contributed by atoms with van der Waals surface area (Å²) in [6, 6.07) is 71.2. The van der Waals surface area contributed by atoms with E-state index in [0.717, 1.165) is 28.4 Å². The van der Waals surface area contributed by atoms with Gasteiger partial charge in [0.2, 0.25) is 0 Å². The fraction of sp³-hybridized carbons (Fsp3) is 0.0741. The van der Waals surface area contributed by atoms with Crippen molar-refractivity contribution in [2.45, 2.75) is 36.4 Å². The van der Waals surface area contributed by atoms with E-state index in [1.807, 2.05) is 11.8 Å². The van der Waals surface area contributed by atoms with Crippen molar-refractivity contribution in [1.29, 1.82) is 0 Å². The average molecular weight is 781 g/mol. The van der Waals surface area contributed by atoms with Crippen molar-refractivity contribution in [2.75, 3.05) is 9.80 Å². The molecule has 0 fully saturated rings. The molecule has 1 heterocycles. The van der Waals surface area contributed by atoms with E-state index in [-0.39, 0.29) is 0 Å². The first-order valence-corrected chi connectivity index (χ1v) is 24.4. The zero-order chi connectivity index (χ0) is 39.4. The largest absolute Gasteiger partial charge is 0.310 e. The molecule has 0 atom stereocenters. The van der Waals surface area contributed by atoms with E-state index in [4.69, 9.17) is 0 Å². The minimum absolute atomic E-state index is 1.13. The standard InChI is InChI=1S/C54H44N2SSi/c1-37-47-33-29-44(55(40-17-10-6-11-18-40)43-27-31-46(32-28-43)58(2,3)4)35-50(47)48-21-14-22-51-54(48)53(37)49-34-30-45(36-52(49)57-51)56(41-19-12-7-13-20-41)42-25-23-39(24-26-42)38-15-8-5-9-16-38/h5-36H,1-4H3. The Balaban J connectivity index is 1.09. The normalized spacial score (nSPS) is 12.1. The van der Waals surface area contributed by atoms with Crippen LogP contribution in [0.15, 0.2) is 204 Å². The predicted octanol–water partition coefficient (Wildman–Crippen LogP) is 15.6. The highest BCUT2D eigenvalue weighted by Crippen LogP contribution is 2.53. The van der Waals surface area contributed by atoms with E-state index >= 15 is 0 Å². The minimum Gasteiger partial charge on any atom is -0.310 e. The quantitative estimate of drug-likeness (QED) is 0.112. The van der Waals surface area contributed by atoms with E-state index in [1.54, 1.807) is 0 Å². The van der Waals surface area contributed by atoms with Gasteiger partial charge in [-0.3, -0.25) is 0 Å². The molecule has 280 valence electrons. The van der Waals surface area contributed by atoms with Crippen LogP contribution in [0.4, 0.5) is 34.1 Å². The molecule has 2 nitrogen and oxygen atoms in total. The smallest absolute Gasteiger partial charge is 0.0775 e. The van der Waals surface area contributed by atoms with Crippen molar-refractivity contribution in [1.82, 2.24) is 0 Å². The molecule has 10 rings (SSSR count). The number of rotatable bonds is 8. The Bertz CT molecular complexity index is 2940. The molecule has 0 amide bonds. The second kappa shape index (κ2) is 14.6. The van der Waals surface area contributed by atoms with Crippen molar-refractivity contribution in [2.24, 2.45) is 0 Å². The van der Waals surface area contributed by atoms with Crippen LogP contribution in [0.2, 0.25) is 19.6 Å². The first-order valence-electron chi connectivity index (χ1n) is 20.1. The molecule has 9 aromatic carbocycles. The summed E-state index contributed by atoms with van der Waals surface area (Å²) in [6.45, 7) is 9.54. The van der Waals surface area contributed by atoms with Gasteiger partial charge in [-0.1, -0.05) is 152 Å². The SMILES string of the molecule is Cc1c2c3c(cccc3c3cc(N(c4ccccc4)c4ccc([Si](C)(C)C)cc4)ccc13)Sc1cc(N(c3ccccc3)c3ccc(-c4ccccc4)cc3)ccc1-2. The lowest BCUT2D eigenvalue weighted by Gasteiger charge is -2.29. The molecule has 0 saturated carbocycles. The molecule has 0 radical (unpaired) electrons. The Morgan fingerprint density at radius 1 is 0.397 bits per heavy atom. The Morgan fingerprint density at radius 3 is 1.53 bits per heavy atom. The van der Waals surface area contributed by atoms with E-state index in [1.165, 1.54) is 70.0 Å². The molecule has 0 aliphatic carbocycles. The van der Waals surface area contributed by atoms with Gasteiger partial charge in [0.05, 0.1) is 8.07 Å². The number of hydrogen-bond acceptors (Lipinski definition) is 3. The number of fused-ring (bicyclic) bond motifs is 4. The third kappa shape index (κ3) is 6.39. The molecule has 0 saturated heterocycles. The summed E-state index contributed by atoms with van der Waals surface area (Å²) in [5.41, 5.74) is 13.3. The van der Waals surface area contributed by atoms with Gasteiger partial charge >= 0.3 is 0 Å². The summed E-state index contributed by atoms with van der Waals surface area (Å²) >= 11 is 1.89. The summed E-state index contributed by atoms with van der Waals surface area (Å²) in [7, 11) is -1.43. The summed E-state index contributed by atoms with van der Waals surface area (Å²) in [6.07, 6.45) is 0. The summed E-state index contributed by atoms with van der Waals surface area (Å²) in [5.74, 6) is 0. The van der Waals surface area contributed by atoms with Gasteiger partial charge in [0.25, 0.3) is 0 Å². The second-order valence-corrected chi connectivity index (χ2v) is 22.4. The highest BCUT2D eigenvalue weighted by molar-refractivity contribution is 7.99. The Kier molecular flexibility index (Phi) is 9.04. The lowest BCUT2D eigenvalue weighted by molar-refractivity contribution is 1.26. The fourth-order valence-corrected chi connectivity index (χ4v) is 11.0. The zero-order valence-electron chi connectivity index (χ0n) is 33.3. The molecule has 9 aromatic rings. The molecule has 0 N–H and O–H groups in total. The first-order chi connectivity index (χ1) is 28.3. The van der Waals surface area contributed by atoms with Crippen LogP contribution in [-0.4, -0.2) is 8.07 Å². The first kappa shape index (κ1) is 36.0. The number of nitrogens with zero attached hydrogens (tertiary/aromatic N) is 2. The van der Waals surface area contributed by atoms with Gasteiger partial charge in [0.15, 0.2) is 0 Å². The lowest BCUT2D eigenvalue weighted by atomic mass is 9.88. The highest BCUT2D eigenvalue weighted by atomic mass is 32.2. The van der Waals surface area contributed by atoms with Crippen molar-refractivity contribution in [3.05, 3.63) is 200 Å². The molecule has 0 unspecified atom stereocenters. The highest BCUT2D eigenvalue weighted by Gasteiger charge is 2.26. The molecule has 0 spiro atoms.